The third-order valence-corrected chi connectivity index (χ3v) is 2.84. The Labute approximate surface area is 111 Å². The molecule has 1 aromatic heterocycles. The largest absolute Gasteiger partial charge is 0.481 e. The molecule has 2 rings (SSSR count). The standard InChI is InChI=1S/C13H14ClN3O/c1-18-12-7-9(5-6-16-12)8-17-13-10(14)3-2-4-11(13)15/h2-7,17H,8,15H2,1H3. The molecule has 0 bridgehead atoms. The van der Waals surface area contributed by atoms with Gasteiger partial charge in [-0.3, -0.25) is 0 Å². The summed E-state index contributed by atoms with van der Waals surface area (Å²) in [6, 6.07) is 9.19. The smallest absolute Gasteiger partial charge is 0.213 e. The maximum atomic E-state index is 6.07. The number of aromatic nitrogens is 1. The second-order valence-corrected chi connectivity index (χ2v) is 4.17. The monoisotopic (exact) mass is 263 g/mol. The van der Waals surface area contributed by atoms with Crippen LogP contribution in [0.25, 0.3) is 0 Å². The number of benzene rings is 1. The molecule has 1 heterocycles. The van der Waals surface area contributed by atoms with E-state index in [1.54, 1.807) is 25.4 Å². The number of ether oxygens (including phenoxy) is 1. The van der Waals surface area contributed by atoms with E-state index in [2.05, 4.69) is 10.3 Å². The highest BCUT2D eigenvalue weighted by Crippen LogP contribution is 2.28. The van der Waals surface area contributed by atoms with Crippen molar-refractivity contribution in [3.05, 3.63) is 47.1 Å². The fourth-order valence-corrected chi connectivity index (χ4v) is 1.84. The van der Waals surface area contributed by atoms with E-state index in [1.807, 2.05) is 18.2 Å². The summed E-state index contributed by atoms with van der Waals surface area (Å²) in [6.45, 7) is 0.604. The molecule has 2 aromatic rings. The van der Waals surface area contributed by atoms with Gasteiger partial charge in [-0.2, -0.15) is 0 Å². The molecule has 0 aliphatic rings. The summed E-state index contributed by atoms with van der Waals surface area (Å²) in [7, 11) is 1.59. The highest BCUT2D eigenvalue weighted by Gasteiger charge is 2.04. The van der Waals surface area contributed by atoms with E-state index in [0.717, 1.165) is 11.3 Å². The number of nitrogens with zero attached hydrogens (tertiary/aromatic N) is 1. The molecule has 0 radical (unpaired) electrons. The van der Waals surface area contributed by atoms with Crippen LogP contribution in [-0.4, -0.2) is 12.1 Å². The van der Waals surface area contributed by atoms with Crippen molar-refractivity contribution in [3.63, 3.8) is 0 Å². The first-order chi connectivity index (χ1) is 8.70. The zero-order valence-corrected chi connectivity index (χ0v) is 10.7. The van der Waals surface area contributed by atoms with Gasteiger partial charge in [-0.05, 0) is 23.8 Å². The minimum atomic E-state index is 0.585. The Balaban J connectivity index is 2.11. The molecule has 0 unspecified atom stereocenters. The molecule has 0 saturated heterocycles. The lowest BCUT2D eigenvalue weighted by Crippen LogP contribution is -2.03. The molecular formula is C13H14ClN3O. The molecule has 1 aromatic carbocycles. The van der Waals surface area contributed by atoms with Crippen LogP contribution in [0.15, 0.2) is 36.5 Å². The van der Waals surface area contributed by atoms with Gasteiger partial charge in [0.2, 0.25) is 5.88 Å². The summed E-state index contributed by atoms with van der Waals surface area (Å²) in [4.78, 5) is 4.05. The molecular weight excluding hydrogens is 250 g/mol. The summed E-state index contributed by atoms with van der Waals surface area (Å²) < 4.78 is 5.06. The number of nitrogen functional groups attached to an aromatic ring is 1. The van der Waals surface area contributed by atoms with Crippen LogP contribution in [0.1, 0.15) is 5.56 Å². The number of para-hydroxylation sites is 1. The Morgan fingerprint density at radius 2 is 2.22 bits per heavy atom. The van der Waals surface area contributed by atoms with Gasteiger partial charge >= 0.3 is 0 Å². The van der Waals surface area contributed by atoms with Gasteiger partial charge in [0, 0.05) is 18.8 Å². The lowest BCUT2D eigenvalue weighted by Gasteiger charge is -2.11. The fraction of sp³-hybridized carbons (Fsp3) is 0.154. The Morgan fingerprint density at radius 3 is 2.94 bits per heavy atom. The van der Waals surface area contributed by atoms with Crippen molar-refractivity contribution < 1.29 is 4.74 Å². The van der Waals surface area contributed by atoms with Crippen LogP contribution in [0.3, 0.4) is 0 Å². The van der Waals surface area contributed by atoms with Crippen molar-refractivity contribution in [1.29, 1.82) is 0 Å². The average Bonchev–Trinajstić information content (AvgIpc) is 2.38. The van der Waals surface area contributed by atoms with Gasteiger partial charge < -0.3 is 15.8 Å². The van der Waals surface area contributed by atoms with Gasteiger partial charge in [-0.1, -0.05) is 17.7 Å². The third kappa shape index (κ3) is 2.84. The van der Waals surface area contributed by atoms with Crippen LogP contribution >= 0.6 is 11.6 Å². The Morgan fingerprint density at radius 1 is 1.39 bits per heavy atom. The van der Waals surface area contributed by atoms with E-state index < -0.39 is 0 Å². The average molecular weight is 264 g/mol. The van der Waals surface area contributed by atoms with E-state index >= 15 is 0 Å². The lowest BCUT2D eigenvalue weighted by atomic mass is 10.2. The topological polar surface area (TPSA) is 60.2 Å². The number of pyridine rings is 1. The van der Waals surface area contributed by atoms with Crippen molar-refractivity contribution >= 4 is 23.0 Å². The predicted molar refractivity (Wildman–Crippen MR) is 74.0 cm³/mol. The Hall–Kier alpha value is -1.94. The first kappa shape index (κ1) is 12.5. The number of nitrogens with two attached hydrogens (primary N) is 1. The number of hydrogen-bond donors (Lipinski definition) is 2. The van der Waals surface area contributed by atoms with Gasteiger partial charge in [0.25, 0.3) is 0 Å². The van der Waals surface area contributed by atoms with Gasteiger partial charge in [0.1, 0.15) is 0 Å². The minimum absolute atomic E-state index is 0.585. The van der Waals surface area contributed by atoms with Crippen LogP contribution in [0.4, 0.5) is 11.4 Å². The van der Waals surface area contributed by atoms with E-state index in [4.69, 9.17) is 22.1 Å². The second kappa shape index (κ2) is 5.60. The fourth-order valence-electron chi connectivity index (χ4n) is 1.59. The molecule has 0 amide bonds. The lowest BCUT2D eigenvalue weighted by molar-refractivity contribution is 0.397. The quantitative estimate of drug-likeness (QED) is 0.833. The second-order valence-electron chi connectivity index (χ2n) is 3.76. The normalized spacial score (nSPS) is 10.1. The van der Waals surface area contributed by atoms with Crippen LogP contribution in [0, 0.1) is 0 Å². The first-order valence-electron chi connectivity index (χ1n) is 5.47. The van der Waals surface area contributed by atoms with Crippen LogP contribution in [0.5, 0.6) is 5.88 Å². The van der Waals surface area contributed by atoms with Gasteiger partial charge in [0.05, 0.1) is 23.5 Å². The summed E-state index contributed by atoms with van der Waals surface area (Å²) in [5, 5.41) is 3.82. The van der Waals surface area contributed by atoms with Crippen molar-refractivity contribution in [1.82, 2.24) is 4.98 Å². The molecule has 0 saturated carbocycles. The molecule has 0 atom stereocenters. The van der Waals surface area contributed by atoms with Gasteiger partial charge in [0.15, 0.2) is 0 Å². The number of rotatable bonds is 4. The summed E-state index contributed by atoms with van der Waals surface area (Å²) in [5.41, 5.74) is 8.27. The molecule has 0 aliphatic heterocycles. The van der Waals surface area contributed by atoms with E-state index in [-0.39, 0.29) is 0 Å². The number of anilines is 2. The van der Waals surface area contributed by atoms with Crippen molar-refractivity contribution in [2.45, 2.75) is 6.54 Å². The van der Waals surface area contributed by atoms with Crippen molar-refractivity contribution in [2.24, 2.45) is 0 Å². The number of methoxy groups -OCH3 is 1. The maximum absolute atomic E-state index is 6.07. The Bertz CT molecular complexity index is 525. The van der Waals surface area contributed by atoms with Crippen molar-refractivity contribution in [2.75, 3.05) is 18.2 Å². The van der Waals surface area contributed by atoms with E-state index in [0.29, 0.717) is 23.1 Å². The molecule has 0 fully saturated rings. The van der Waals surface area contributed by atoms with E-state index in [1.165, 1.54) is 0 Å². The van der Waals surface area contributed by atoms with Crippen LogP contribution < -0.4 is 15.8 Å². The first-order valence-corrected chi connectivity index (χ1v) is 5.85. The third-order valence-electron chi connectivity index (χ3n) is 2.52. The predicted octanol–water partition coefficient (Wildman–Crippen LogP) is 2.94. The molecule has 4 nitrogen and oxygen atoms in total. The molecule has 0 spiro atoms. The molecule has 18 heavy (non-hydrogen) atoms. The Kier molecular flexibility index (Phi) is 3.89. The zero-order chi connectivity index (χ0) is 13.0. The van der Waals surface area contributed by atoms with Crippen molar-refractivity contribution in [3.8, 4) is 5.88 Å². The maximum Gasteiger partial charge on any atom is 0.213 e. The number of hydrogen-bond acceptors (Lipinski definition) is 4. The van der Waals surface area contributed by atoms with E-state index in [9.17, 15) is 0 Å². The van der Waals surface area contributed by atoms with Gasteiger partial charge in [-0.25, -0.2) is 4.98 Å². The summed E-state index contributed by atoms with van der Waals surface area (Å²) >= 11 is 6.07. The molecule has 5 heteroatoms. The zero-order valence-electron chi connectivity index (χ0n) is 9.98. The summed E-state index contributed by atoms with van der Waals surface area (Å²) in [5.74, 6) is 0.585. The van der Waals surface area contributed by atoms with Crippen LogP contribution in [0.2, 0.25) is 5.02 Å². The highest BCUT2D eigenvalue weighted by atomic mass is 35.5. The highest BCUT2D eigenvalue weighted by molar-refractivity contribution is 6.33. The number of nitrogens with one attached hydrogen (secondary N) is 1. The van der Waals surface area contributed by atoms with Crippen LogP contribution in [-0.2, 0) is 6.54 Å². The van der Waals surface area contributed by atoms with Gasteiger partial charge in [-0.15, -0.1) is 0 Å². The molecule has 94 valence electrons. The minimum Gasteiger partial charge on any atom is -0.481 e. The number of halogens is 1. The summed E-state index contributed by atoms with van der Waals surface area (Å²) in [6.07, 6.45) is 1.70. The SMILES string of the molecule is COc1cc(CNc2c(N)cccc2Cl)ccn1. The molecule has 3 N–H and O–H groups in total. The molecule has 0 aliphatic carbocycles.